The molecule has 0 bridgehead atoms. The van der Waals surface area contributed by atoms with Crippen LogP contribution in [0.1, 0.15) is 18.4 Å². The number of carbonyl (C=O) groups excluding carboxylic acids is 1. The number of para-hydroxylation sites is 1. The molecule has 2 aromatic rings. The number of urea groups is 1. The number of nitro benzene ring substituents is 1. The highest BCUT2D eigenvalue weighted by Gasteiger charge is 2.31. The van der Waals surface area contributed by atoms with Crippen LogP contribution in [0.2, 0.25) is 0 Å². The number of piperidine rings is 1. The normalized spacial score (nSPS) is 17.6. The Morgan fingerprint density at radius 3 is 2.42 bits per heavy atom. The van der Waals surface area contributed by atoms with E-state index in [1.807, 2.05) is 29.2 Å². The first kappa shape index (κ1) is 16.4. The molecular weight excluding hydrogens is 332 g/mol. The van der Waals surface area contributed by atoms with Crippen molar-refractivity contribution in [3.63, 3.8) is 0 Å². The van der Waals surface area contributed by atoms with Crippen molar-refractivity contribution in [2.75, 3.05) is 23.3 Å². The minimum atomic E-state index is -0.386. The van der Waals surface area contributed by atoms with Gasteiger partial charge in [-0.3, -0.25) is 10.1 Å². The monoisotopic (exact) mass is 352 g/mol. The highest BCUT2D eigenvalue weighted by molar-refractivity contribution is 5.92. The molecule has 134 valence electrons. The van der Waals surface area contributed by atoms with E-state index in [0.29, 0.717) is 6.54 Å². The molecule has 26 heavy (non-hydrogen) atoms. The molecule has 2 aliphatic rings. The Balaban J connectivity index is 1.41. The molecular formula is C19H20N4O3. The van der Waals surface area contributed by atoms with Crippen molar-refractivity contribution in [3.05, 3.63) is 64.2 Å². The quantitative estimate of drug-likeness (QED) is 0.676. The van der Waals surface area contributed by atoms with E-state index in [1.165, 1.54) is 12.1 Å². The third-order valence-electron chi connectivity index (χ3n) is 5.19. The molecule has 0 aliphatic carbocycles. The van der Waals surface area contributed by atoms with Crippen molar-refractivity contribution in [2.24, 2.45) is 0 Å². The summed E-state index contributed by atoms with van der Waals surface area (Å²) in [6.07, 6.45) is 1.76. The molecule has 0 radical (unpaired) electrons. The van der Waals surface area contributed by atoms with Gasteiger partial charge in [-0.2, -0.15) is 0 Å². The van der Waals surface area contributed by atoms with Crippen LogP contribution in [0.5, 0.6) is 0 Å². The van der Waals surface area contributed by atoms with Gasteiger partial charge in [0.05, 0.1) is 4.92 Å². The number of nitro groups is 1. The summed E-state index contributed by atoms with van der Waals surface area (Å²) in [5.74, 6) is 0. The van der Waals surface area contributed by atoms with Crippen LogP contribution in [-0.4, -0.2) is 35.0 Å². The maximum atomic E-state index is 12.4. The van der Waals surface area contributed by atoms with E-state index in [2.05, 4.69) is 10.2 Å². The summed E-state index contributed by atoms with van der Waals surface area (Å²) < 4.78 is 0. The van der Waals surface area contributed by atoms with Gasteiger partial charge in [-0.25, -0.2) is 4.79 Å². The zero-order valence-electron chi connectivity index (χ0n) is 14.3. The second-order valence-corrected chi connectivity index (χ2v) is 6.71. The Morgan fingerprint density at radius 1 is 1.04 bits per heavy atom. The van der Waals surface area contributed by atoms with Crippen LogP contribution < -0.4 is 10.2 Å². The molecule has 2 aliphatic heterocycles. The first-order valence-electron chi connectivity index (χ1n) is 8.77. The molecule has 2 aromatic carbocycles. The number of anilines is 2. The number of carbonyl (C=O) groups is 1. The fourth-order valence-electron chi connectivity index (χ4n) is 3.74. The van der Waals surface area contributed by atoms with E-state index in [9.17, 15) is 14.9 Å². The van der Waals surface area contributed by atoms with Crippen molar-refractivity contribution < 1.29 is 9.72 Å². The number of fused-ring (bicyclic) bond motifs is 1. The van der Waals surface area contributed by atoms with Gasteiger partial charge in [0.1, 0.15) is 0 Å². The van der Waals surface area contributed by atoms with Crippen molar-refractivity contribution in [1.29, 1.82) is 0 Å². The number of nitrogens with zero attached hydrogens (tertiary/aromatic N) is 3. The van der Waals surface area contributed by atoms with Crippen LogP contribution in [0.4, 0.5) is 21.9 Å². The largest absolute Gasteiger partial charge is 0.371 e. The summed E-state index contributed by atoms with van der Waals surface area (Å²) in [4.78, 5) is 27.0. The van der Waals surface area contributed by atoms with Crippen LogP contribution in [0, 0.1) is 10.1 Å². The van der Waals surface area contributed by atoms with Gasteiger partial charge in [-0.15, -0.1) is 0 Å². The van der Waals surface area contributed by atoms with Gasteiger partial charge >= 0.3 is 6.03 Å². The average Bonchev–Trinajstić information content (AvgIpc) is 2.68. The molecule has 1 N–H and O–H groups in total. The molecule has 4 rings (SSSR count). The van der Waals surface area contributed by atoms with Gasteiger partial charge in [-0.05, 0) is 36.6 Å². The molecule has 2 heterocycles. The van der Waals surface area contributed by atoms with Crippen LogP contribution in [0.25, 0.3) is 0 Å². The summed E-state index contributed by atoms with van der Waals surface area (Å²) in [6.45, 7) is 2.30. The maximum absolute atomic E-state index is 12.4. The fourth-order valence-corrected chi connectivity index (χ4v) is 3.74. The standard InChI is InChI=1S/C19H20N4O3/c24-19-20-18-4-2-1-3-14(18)13-22(19)16-9-11-21(12-10-16)15-5-7-17(8-6-15)23(25)26/h1-8,16H,9-13H2,(H,20,24). The molecule has 0 aromatic heterocycles. The molecule has 2 amide bonds. The maximum Gasteiger partial charge on any atom is 0.322 e. The number of hydrogen-bond acceptors (Lipinski definition) is 4. The molecule has 0 saturated carbocycles. The summed E-state index contributed by atoms with van der Waals surface area (Å²) in [5, 5.41) is 13.8. The Labute approximate surface area is 151 Å². The zero-order chi connectivity index (χ0) is 18.1. The molecule has 1 fully saturated rings. The van der Waals surface area contributed by atoms with E-state index in [4.69, 9.17) is 0 Å². The zero-order valence-corrected chi connectivity index (χ0v) is 14.3. The van der Waals surface area contributed by atoms with E-state index in [0.717, 1.165) is 42.9 Å². The summed E-state index contributed by atoms with van der Waals surface area (Å²) in [7, 11) is 0. The third kappa shape index (κ3) is 3.08. The average molecular weight is 352 g/mol. The van der Waals surface area contributed by atoms with E-state index in [1.54, 1.807) is 12.1 Å². The van der Waals surface area contributed by atoms with Crippen LogP contribution in [0.3, 0.4) is 0 Å². The molecule has 1 saturated heterocycles. The number of benzene rings is 2. The number of amides is 2. The smallest absolute Gasteiger partial charge is 0.322 e. The van der Waals surface area contributed by atoms with Gasteiger partial charge in [-0.1, -0.05) is 18.2 Å². The van der Waals surface area contributed by atoms with Crippen molar-refractivity contribution >= 4 is 23.1 Å². The fraction of sp³-hybridized carbons (Fsp3) is 0.316. The van der Waals surface area contributed by atoms with Crippen LogP contribution in [-0.2, 0) is 6.54 Å². The Kier molecular flexibility index (Phi) is 4.20. The van der Waals surface area contributed by atoms with Gasteiger partial charge < -0.3 is 15.1 Å². The Morgan fingerprint density at radius 2 is 1.73 bits per heavy atom. The van der Waals surface area contributed by atoms with E-state index in [-0.39, 0.29) is 22.7 Å². The Bertz CT molecular complexity index is 829. The van der Waals surface area contributed by atoms with Gasteiger partial charge in [0.15, 0.2) is 0 Å². The Hall–Kier alpha value is -3.09. The topological polar surface area (TPSA) is 78.7 Å². The second-order valence-electron chi connectivity index (χ2n) is 6.71. The SMILES string of the molecule is O=C1Nc2ccccc2CN1C1CCN(c2ccc([N+](=O)[O-])cc2)CC1. The van der Waals surface area contributed by atoms with Crippen molar-refractivity contribution in [2.45, 2.75) is 25.4 Å². The van der Waals surface area contributed by atoms with Crippen molar-refractivity contribution in [3.8, 4) is 0 Å². The first-order valence-corrected chi connectivity index (χ1v) is 8.77. The second kappa shape index (κ2) is 6.67. The number of rotatable bonds is 3. The van der Waals surface area contributed by atoms with Crippen LogP contribution in [0.15, 0.2) is 48.5 Å². The van der Waals surface area contributed by atoms with Gasteiger partial charge in [0.25, 0.3) is 5.69 Å². The van der Waals surface area contributed by atoms with E-state index >= 15 is 0 Å². The van der Waals surface area contributed by atoms with Gasteiger partial charge in [0.2, 0.25) is 0 Å². The first-order chi connectivity index (χ1) is 12.6. The predicted octanol–water partition coefficient (Wildman–Crippen LogP) is 3.61. The summed E-state index contributed by atoms with van der Waals surface area (Å²) >= 11 is 0. The molecule has 0 spiro atoms. The lowest BCUT2D eigenvalue weighted by atomic mass is 10.0. The molecule has 0 unspecified atom stereocenters. The number of non-ortho nitro benzene ring substituents is 1. The lowest BCUT2D eigenvalue weighted by Crippen LogP contribution is -2.50. The molecule has 7 nitrogen and oxygen atoms in total. The number of hydrogen-bond donors (Lipinski definition) is 1. The summed E-state index contributed by atoms with van der Waals surface area (Å²) in [5.41, 5.74) is 3.14. The van der Waals surface area contributed by atoms with E-state index < -0.39 is 0 Å². The van der Waals surface area contributed by atoms with Gasteiger partial charge in [0, 0.05) is 49.2 Å². The minimum absolute atomic E-state index is 0.0301. The molecule has 0 atom stereocenters. The summed E-state index contributed by atoms with van der Waals surface area (Å²) in [6, 6.07) is 14.7. The predicted molar refractivity (Wildman–Crippen MR) is 99.3 cm³/mol. The lowest BCUT2D eigenvalue weighted by Gasteiger charge is -2.41. The highest BCUT2D eigenvalue weighted by atomic mass is 16.6. The van der Waals surface area contributed by atoms with Crippen LogP contribution >= 0.6 is 0 Å². The number of nitrogens with one attached hydrogen (secondary N) is 1. The lowest BCUT2D eigenvalue weighted by molar-refractivity contribution is -0.384. The minimum Gasteiger partial charge on any atom is -0.371 e. The third-order valence-corrected chi connectivity index (χ3v) is 5.19. The molecule has 7 heteroatoms. The highest BCUT2D eigenvalue weighted by Crippen LogP contribution is 2.29. The van der Waals surface area contributed by atoms with Crippen molar-refractivity contribution in [1.82, 2.24) is 4.90 Å².